The number of imidazole rings is 1. The molecule has 0 aliphatic carbocycles. The van der Waals surface area contributed by atoms with Crippen LogP contribution in [0.2, 0.25) is 0 Å². The zero-order valence-electron chi connectivity index (χ0n) is 12.6. The van der Waals surface area contributed by atoms with Gasteiger partial charge in [0.1, 0.15) is 0 Å². The van der Waals surface area contributed by atoms with Crippen molar-refractivity contribution < 1.29 is 14.8 Å². The van der Waals surface area contributed by atoms with Crippen LogP contribution in [0.5, 0.6) is 0 Å². The second kappa shape index (κ2) is 7.61. The van der Waals surface area contributed by atoms with Gasteiger partial charge in [-0.2, -0.15) is 0 Å². The number of aryl methyl sites for hydroxylation is 1. The lowest BCUT2D eigenvalue weighted by Crippen LogP contribution is -2.13. The summed E-state index contributed by atoms with van der Waals surface area (Å²) < 4.78 is 1.65. The molecule has 0 aliphatic heterocycles. The average Bonchev–Trinajstić information content (AvgIpc) is 2.70. The highest BCUT2D eigenvalue weighted by Gasteiger charge is 2.23. The second-order valence-electron chi connectivity index (χ2n) is 5.07. The lowest BCUT2D eigenvalue weighted by molar-refractivity contribution is -0.388. The third-order valence-electron chi connectivity index (χ3n) is 3.66. The van der Waals surface area contributed by atoms with Crippen molar-refractivity contribution in [3.8, 4) is 0 Å². The van der Waals surface area contributed by atoms with Crippen LogP contribution in [0.25, 0.3) is 0 Å². The van der Waals surface area contributed by atoms with E-state index in [1.807, 2.05) is 6.92 Å². The van der Waals surface area contributed by atoms with Gasteiger partial charge in [0.2, 0.25) is 11.6 Å². The molecule has 0 saturated heterocycles. The van der Waals surface area contributed by atoms with E-state index in [4.69, 9.17) is 5.11 Å². The number of anilines is 1. The van der Waals surface area contributed by atoms with Crippen molar-refractivity contribution in [1.82, 2.24) is 9.55 Å². The van der Waals surface area contributed by atoms with E-state index in [-0.39, 0.29) is 12.2 Å². The highest BCUT2D eigenvalue weighted by Crippen LogP contribution is 2.24. The first-order valence-electron chi connectivity index (χ1n) is 7.00. The molecule has 0 radical (unpaired) electrons. The van der Waals surface area contributed by atoms with E-state index in [9.17, 15) is 14.9 Å². The van der Waals surface area contributed by atoms with E-state index in [0.717, 1.165) is 12.8 Å². The highest BCUT2D eigenvalue weighted by atomic mass is 16.6. The van der Waals surface area contributed by atoms with Crippen LogP contribution in [-0.2, 0) is 11.8 Å². The summed E-state index contributed by atoms with van der Waals surface area (Å²) in [5.74, 6) is 0.294. The second-order valence-corrected chi connectivity index (χ2v) is 5.07. The molecular formula is C13H22N4O4. The van der Waals surface area contributed by atoms with Gasteiger partial charge in [-0.1, -0.05) is 13.3 Å². The topological polar surface area (TPSA) is 110 Å². The van der Waals surface area contributed by atoms with Crippen molar-refractivity contribution in [3.05, 3.63) is 15.9 Å². The number of carboxylic acid groups (broad SMARTS) is 1. The maximum atomic E-state index is 10.9. The molecule has 8 heteroatoms. The molecular weight excluding hydrogens is 276 g/mol. The third-order valence-corrected chi connectivity index (χ3v) is 3.66. The minimum absolute atomic E-state index is 0.156. The SMILES string of the molecule is CCC(CCNc1c([N+](=O)[O-])nc(C)n1C)CCC(=O)O. The molecule has 1 atom stereocenters. The van der Waals surface area contributed by atoms with Crippen molar-refractivity contribution >= 4 is 17.6 Å². The van der Waals surface area contributed by atoms with Crippen LogP contribution < -0.4 is 5.32 Å². The Balaban J connectivity index is 2.59. The molecule has 1 unspecified atom stereocenters. The van der Waals surface area contributed by atoms with Gasteiger partial charge in [-0.3, -0.25) is 9.36 Å². The van der Waals surface area contributed by atoms with Gasteiger partial charge in [0, 0.05) is 26.9 Å². The largest absolute Gasteiger partial charge is 0.481 e. The van der Waals surface area contributed by atoms with E-state index in [1.165, 1.54) is 0 Å². The molecule has 1 heterocycles. The van der Waals surface area contributed by atoms with Crippen molar-refractivity contribution in [1.29, 1.82) is 0 Å². The van der Waals surface area contributed by atoms with Crippen molar-refractivity contribution in [2.45, 2.75) is 39.5 Å². The molecule has 0 saturated carbocycles. The first kappa shape index (κ1) is 16.9. The molecule has 21 heavy (non-hydrogen) atoms. The summed E-state index contributed by atoms with van der Waals surface area (Å²) >= 11 is 0. The summed E-state index contributed by atoms with van der Waals surface area (Å²) in [6.07, 6.45) is 2.44. The van der Waals surface area contributed by atoms with Gasteiger partial charge in [0.25, 0.3) is 0 Å². The fourth-order valence-corrected chi connectivity index (χ4v) is 2.19. The molecule has 0 spiro atoms. The quantitative estimate of drug-likeness (QED) is 0.534. The van der Waals surface area contributed by atoms with Gasteiger partial charge in [0.05, 0.1) is 0 Å². The predicted molar refractivity (Wildman–Crippen MR) is 78.4 cm³/mol. The number of aliphatic carboxylic acids is 1. The molecule has 0 aromatic carbocycles. The van der Waals surface area contributed by atoms with Crippen LogP contribution in [0.15, 0.2) is 0 Å². The van der Waals surface area contributed by atoms with Crippen LogP contribution in [-0.4, -0.2) is 32.1 Å². The molecule has 1 aromatic rings. The Kier molecular flexibility index (Phi) is 6.13. The van der Waals surface area contributed by atoms with Gasteiger partial charge in [0.15, 0.2) is 0 Å². The van der Waals surface area contributed by atoms with Crippen LogP contribution in [0.1, 0.15) is 38.4 Å². The van der Waals surface area contributed by atoms with Gasteiger partial charge >= 0.3 is 11.8 Å². The van der Waals surface area contributed by atoms with E-state index in [1.54, 1.807) is 18.5 Å². The molecule has 0 fully saturated rings. The smallest absolute Gasteiger partial charge is 0.406 e. The maximum absolute atomic E-state index is 10.9. The van der Waals surface area contributed by atoms with Crippen LogP contribution in [0.4, 0.5) is 11.6 Å². The predicted octanol–water partition coefficient (Wildman–Crippen LogP) is 2.33. The number of hydrogen-bond donors (Lipinski definition) is 2. The Hall–Kier alpha value is -2.12. The molecule has 0 aliphatic rings. The normalized spacial score (nSPS) is 12.1. The zero-order valence-corrected chi connectivity index (χ0v) is 12.6. The number of nitrogens with one attached hydrogen (secondary N) is 1. The van der Waals surface area contributed by atoms with Crippen LogP contribution in [0.3, 0.4) is 0 Å². The number of hydrogen-bond acceptors (Lipinski definition) is 5. The van der Waals surface area contributed by atoms with E-state index in [0.29, 0.717) is 30.5 Å². The number of nitro groups is 1. The molecule has 8 nitrogen and oxygen atoms in total. The molecule has 1 aromatic heterocycles. The Morgan fingerprint density at radius 2 is 2.19 bits per heavy atom. The summed E-state index contributed by atoms with van der Waals surface area (Å²) in [5, 5.41) is 22.7. The van der Waals surface area contributed by atoms with E-state index < -0.39 is 10.9 Å². The molecule has 2 N–H and O–H groups in total. The fraction of sp³-hybridized carbons (Fsp3) is 0.692. The molecule has 118 valence electrons. The Morgan fingerprint density at radius 3 is 2.71 bits per heavy atom. The summed E-state index contributed by atoms with van der Waals surface area (Å²) in [4.78, 5) is 24.9. The van der Waals surface area contributed by atoms with Gasteiger partial charge in [-0.15, -0.1) is 0 Å². The van der Waals surface area contributed by atoms with Gasteiger partial charge in [-0.05, 0) is 28.7 Å². The van der Waals surface area contributed by atoms with E-state index in [2.05, 4.69) is 10.3 Å². The average molecular weight is 298 g/mol. The lowest BCUT2D eigenvalue weighted by atomic mass is 9.97. The maximum Gasteiger partial charge on any atom is 0.406 e. The minimum atomic E-state index is -0.792. The van der Waals surface area contributed by atoms with Crippen LogP contribution in [0, 0.1) is 23.0 Å². The Morgan fingerprint density at radius 1 is 1.52 bits per heavy atom. The standard InChI is InChI=1S/C13H22N4O4/c1-4-10(5-6-11(18)19)7-8-14-12-13(17(20)21)15-9(2)16(12)3/h10,14H,4-8H2,1-3H3,(H,18,19). The molecule has 0 bridgehead atoms. The first-order valence-corrected chi connectivity index (χ1v) is 7.00. The third kappa shape index (κ3) is 4.73. The summed E-state index contributed by atoms with van der Waals surface area (Å²) in [6.45, 7) is 4.28. The molecule has 1 rings (SSSR count). The fourth-order valence-electron chi connectivity index (χ4n) is 2.19. The summed E-state index contributed by atoms with van der Waals surface area (Å²) in [7, 11) is 1.72. The number of aromatic nitrogens is 2. The van der Waals surface area contributed by atoms with Crippen molar-refractivity contribution in [2.24, 2.45) is 13.0 Å². The highest BCUT2D eigenvalue weighted by molar-refractivity contribution is 5.66. The summed E-state index contributed by atoms with van der Waals surface area (Å²) in [6, 6.07) is 0. The molecule has 0 amide bonds. The number of carboxylic acids is 1. The Labute approximate surface area is 123 Å². The van der Waals surface area contributed by atoms with Gasteiger partial charge < -0.3 is 20.5 Å². The van der Waals surface area contributed by atoms with E-state index >= 15 is 0 Å². The first-order chi connectivity index (χ1) is 9.86. The number of rotatable bonds is 9. The number of nitrogens with zero attached hydrogens (tertiary/aromatic N) is 3. The zero-order chi connectivity index (χ0) is 16.0. The van der Waals surface area contributed by atoms with Crippen molar-refractivity contribution in [3.63, 3.8) is 0 Å². The lowest BCUT2D eigenvalue weighted by Gasteiger charge is -2.14. The van der Waals surface area contributed by atoms with Crippen LogP contribution >= 0.6 is 0 Å². The number of carbonyl (C=O) groups is 1. The van der Waals surface area contributed by atoms with Gasteiger partial charge in [-0.25, -0.2) is 0 Å². The summed E-state index contributed by atoms with van der Waals surface area (Å²) in [5.41, 5.74) is 0. The monoisotopic (exact) mass is 298 g/mol. The van der Waals surface area contributed by atoms with Crippen molar-refractivity contribution in [2.75, 3.05) is 11.9 Å². The Bertz CT molecular complexity index is 513. The minimum Gasteiger partial charge on any atom is -0.481 e.